The van der Waals surface area contributed by atoms with E-state index in [2.05, 4.69) is 55.1 Å². The lowest BCUT2D eigenvalue weighted by atomic mass is 9.63. The van der Waals surface area contributed by atoms with E-state index in [4.69, 9.17) is 10.00 Å². The van der Waals surface area contributed by atoms with E-state index in [1.807, 2.05) is 12.1 Å². The van der Waals surface area contributed by atoms with Crippen molar-refractivity contribution in [3.8, 4) is 6.07 Å². The van der Waals surface area contributed by atoms with Crippen molar-refractivity contribution in [2.75, 3.05) is 0 Å². The molecule has 186 valence electrons. The van der Waals surface area contributed by atoms with Gasteiger partial charge in [-0.15, -0.1) is 0 Å². The standard InChI is InChI=1S/C28H36N4O3/c1-16-23-7-8-24(35-23)17(2)28(16,34)19-5-6-22(32-26(33)25-30-15-20(14-29)31-25)21(13-19)18-9-11-27(3,4)12-10-18/h5-6,9,15-17,19,23-24,34H,7-8,10-13H2,1-4H3,(H,30,31)(H,32,33)/t16-,17+,19?,23?,24?,28-. The van der Waals surface area contributed by atoms with Crippen molar-refractivity contribution in [2.24, 2.45) is 23.2 Å². The van der Waals surface area contributed by atoms with Gasteiger partial charge in [0.2, 0.25) is 0 Å². The van der Waals surface area contributed by atoms with Crippen molar-refractivity contribution in [1.29, 1.82) is 5.26 Å². The largest absolute Gasteiger partial charge is 0.389 e. The van der Waals surface area contributed by atoms with Crippen molar-refractivity contribution in [1.82, 2.24) is 15.3 Å². The molecular weight excluding hydrogens is 440 g/mol. The molecule has 1 aromatic rings. The van der Waals surface area contributed by atoms with Crippen LogP contribution < -0.4 is 5.32 Å². The number of aliphatic hydroxyl groups is 1. The van der Waals surface area contributed by atoms with Gasteiger partial charge < -0.3 is 20.1 Å². The highest BCUT2D eigenvalue weighted by atomic mass is 16.5. The van der Waals surface area contributed by atoms with Crippen LogP contribution in [0.15, 0.2) is 41.3 Å². The van der Waals surface area contributed by atoms with Gasteiger partial charge in [-0.2, -0.15) is 5.26 Å². The molecule has 2 aliphatic heterocycles. The van der Waals surface area contributed by atoms with Crippen LogP contribution in [-0.4, -0.2) is 38.8 Å². The van der Waals surface area contributed by atoms with Crippen molar-refractivity contribution < 1.29 is 14.6 Å². The summed E-state index contributed by atoms with van der Waals surface area (Å²) in [5.74, 6) is -0.238. The van der Waals surface area contributed by atoms with Crippen LogP contribution in [0.5, 0.6) is 0 Å². The van der Waals surface area contributed by atoms with Gasteiger partial charge in [0.15, 0.2) is 11.5 Å². The maximum absolute atomic E-state index is 13.0. The molecule has 5 rings (SSSR count). The third-order valence-electron chi connectivity index (χ3n) is 9.01. The number of H-pyrrole nitrogens is 1. The quantitative estimate of drug-likeness (QED) is 0.591. The van der Waals surface area contributed by atoms with Crippen LogP contribution in [0.4, 0.5) is 0 Å². The first-order chi connectivity index (χ1) is 16.6. The Labute approximate surface area is 207 Å². The van der Waals surface area contributed by atoms with Crippen LogP contribution in [0.3, 0.4) is 0 Å². The lowest BCUT2D eigenvalue weighted by Gasteiger charge is -2.51. The second kappa shape index (κ2) is 8.76. The number of nitrogens with one attached hydrogen (secondary N) is 2. The Hall–Kier alpha value is -2.69. The summed E-state index contributed by atoms with van der Waals surface area (Å²) in [6, 6.07) is 1.95. The molecule has 6 atom stereocenters. The van der Waals surface area contributed by atoms with Gasteiger partial charge in [0.1, 0.15) is 6.07 Å². The number of allylic oxidation sites excluding steroid dienone is 4. The Morgan fingerprint density at radius 2 is 2.00 bits per heavy atom. The lowest BCUT2D eigenvalue weighted by Crippen LogP contribution is -2.59. The number of ether oxygens (including phenoxy) is 1. The number of rotatable bonds is 4. The summed E-state index contributed by atoms with van der Waals surface area (Å²) < 4.78 is 6.21. The first kappa shape index (κ1) is 24.0. The predicted molar refractivity (Wildman–Crippen MR) is 132 cm³/mol. The first-order valence-electron chi connectivity index (χ1n) is 12.9. The van der Waals surface area contributed by atoms with Crippen LogP contribution in [0.2, 0.25) is 0 Å². The van der Waals surface area contributed by atoms with E-state index in [1.165, 1.54) is 11.8 Å². The second-order valence-corrected chi connectivity index (χ2v) is 11.6. The molecule has 2 saturated heterocycles. The highest BCUT2D eigenvalue weighted by molar-refractivity contribution is 5.92. The SMILES string of the molecule is C[C@@H]1C2CCC(O2)[C@H](C)[C@@]1(O)C1C=CC(NC(=O)c2nc(C#N)c[nH]2)=C(C2=CCC(C)(C)CC2)C1. The topological polar surface area (TPSA) is 111 Å². The molecule has 1 amide bonds. The molecule has 35 heavy (non-hydrogen) atoms. The van der Waals surface area contributed by atoms with Crippen LogP contribution in [0.25, 0.3) is 0 Å². The maximum atomic E-state index is 13.0. The van der Waals surface area contributed by atoms with Gasteiger partial charge >= 0.3 is 0 Å². The number of amides is 1. The highest BCUT2D eigenvalue weighted by Crippen LogP contribution is 2.52. The van der Waals surface area contributed by atoms with Crippen LogP contribution in [0.1, 0.15) is 82.5 Å². The molecule has 1 aromatic heterocycles. The van der Waals surface area contributed by atoms with E-state index >= 15 is 0 Å². The summed E-state index contributed by atoms with van der Waals surface area (Å²) in [5.41, 5.74) is 2.69. The fraction of sp³-hybridized carbons (Fsp3) is 0.607. The Morgan fingerprint density at radius 1 is 1.29 bits per heavy atom. The minimum Gasteiger partial charge on any atom is -0.389 e. The van der Waals surface area contributed by atoms with Gasteiger partial charge in [-0.1, -0.05) is 39.8 Å². The summed E-state index contributed by atoms with van der Waals surface area (Å²) in [7, 11) is 0. The molecule has 4 aliphatic rings. The highest BCUT2D eigenvalue weighted by Gasteiger charge is 2.57. The van der Waals surface area contributed by atoms with Crippen LogP contribution in [0, 0.1) is 34.5 Å². The normalized spacial score (nSPS) is 36.0. The number of nitriles is 1. The average molecular weight is 477 g/mol. The average Bonchev–Trinajstić information content (AvgIpc) is 3.51. The minimum atomic E-state index is -0.863. The van der Waals surface area contributed by atoms with Gasteiger partial charge in [0.25, 0.3) is 5.91 Å². The molecule has 0 radical (unpaired) electrons. The molecule has 0 spiro atoms. The van der Waals surface area contributed by atoms with Crippen LogP contribution in [-0.2, 0) is 4.74 Å². The molecule has 3 heterocycles. The van der Waals surface area contributed by atoms with Crippen molar-refractivity contribution in [3.63, 3.8) is 0 Å². The van der Waals surface area contributed by atoms with Crippen molar-refractivity contribution in [3.05, 3.63) is 52.8 Å². The number of fused-ring (bicyclic) bond motifs is 2. The van der Waals surface area contributed by atoms with Gasteiger partial charge in [0.05, 0.1) is 17.8 Å². The predicted octanol–water partition coefficient (Wildman–Crippen LogP) is 4.54. The van der Waals surface area contributed by atoms with Gasteiger partial charge in [-0.3, -0.25) is 4.79 Å². The number of aromatic nitrogens is 2. The van der Waals surface area contributed by atoms with E-state index in [0.29, 0.717) is 6.42 Å². The number of aromatic amines is 1. The summed E-state index contributed by atoms with van der Waals surface area (Å²) >= 11 is 0. The molecule has 7 nitrogen and oxygen atoms in total. The van der Waals surface area contributed by atoms with Gasteiger partial charge in [0, 0.05) is 29.6 Å². The first-order valence-corrected chi connectivity index (χ1v) is 12.9. The zero-order valence-electron chi connectivity index (χ0n) is 21.1. The Balaban J connectivity index is 1.47. The zero-order chi connectivity index (χ0) is 25.0. The number of carbonyl (C=O) groups excluding carboxylic acids is 1. The third kappa shape index (κ3) is 4.17. The number of hydrogen-bond acceptors (Lipinski definition) is 5. The fourth-order valence-corrected chi connectivity index (χ4v) is 6.59. The Kier molecular flexibility index (Phi) is 6.01. The van der Waals surface area contributed by atoms with Crippen molar-refractivity contribution >= 4 is 5.91 Å². The van der Waals surface area contributed by atoms with Gasteiger partial charge in [-0.05, 0) is 61.2 Å². The molecule has 2 fully saturated rings. The molecule has 2 aliphatic carbocycles. The van der Waals surface area contributed by atoms with E-state index in [-0.39, 0.29) is 52.8 Å². The van der Waals surface area contributed by atoms with Crippen molar-refractivity contribution in [2.45, 2.75) is 84.0 Å². The third-order valence-corrected chi connectivity index (χ3v) is 9.01. The van der Waals surface area contributed by atoms with E-state index in [1.54, 1.807) is 0 Å². The smallest absolute Gasteiger partial charge is 0.291 e. The summed E-state index contributed by atoms with van der Waals surface area (Å²) in [4.78, 5) is 19.8. The van der Waals surface area contributed by atoms with E-state index in [0.717, 1.165) is 43.4 Å². The second-order valence-electron chi connectivity index (χ2n) is 11.6. The zero-order valence-corrected chi connectivity index (χ0v) is 21.1. The van der Waals surface area contributed by atoms with Crippen LogP contribution >= 0.6 is 0 Å². The van der Waals surface area contributed by atoms with Gasteiger partial charge in [-0.25, -0.2) is 4.98 Å². The summed E-state index contributed by atoms with van der Waals surface area (Å²) in [5, 5.41) is 24.3. The molecule has 7 heteroatoms. The number of carbonyl (C=O) groups is 1. The monoisotopic (exact) mass is 476 g/mol. The van der Waals surface area contributed by atoms with E-state index < -0.39 is 5.60 Å². The number of imidazole rings is 1. The number of nitrogens with zero attached hydrogens (tertiary/aromatic N) is 2. The minimum absolute atomic E-state index is 0.0371. The molecule has 2 bridgehead atoms. The van der Waals surface area contributed by atoms with E-state index in [9.17, 15) is 9.90 Å². The molecule has 3 unspecified atom stereocenters. The Morgan fingerprint density at radius 3 is 2.60 bits per heavy atom. The molecule has 0 saturated carbocycles. The lowest BCUT2D eigenvalue weighted by molar-refractivity contribution is -0.205. The molecule has 0 aromatic carbocycles. The number of hydrogen-bond donors (Lipinski definition) is 3. The fourth-order valence-electron chi connectivity index (χ4n) is 6.59. The maximum Gasteiger partial charge on any atom is 0.291 e. The Bertz CT molecular complexity index is 1140. The summed E-state index contributed by atoms with van der Waals surface area (Å²) in [6.45, 7) is 8.83. The molecule has 3 N–H and O–H groups in total. The summed E-state index contributed by atoms with van der Waals surface area (Å²) in [6.07, 6.45) is 13.7. The molecular formula is C28H36N4O3.